The van der Waals surface area contributed by atoms with Gasteiger partial charge in [0, 0.05) is 17.3 Å². The van der Waals surface area contributed by atoms with Crippen LogP contribution in [0.1, 0.15) is 28.7 Å². The van der Waals surface area contributed by atoms with Gasteiger partial charge in [0.25, 0.3) is 0 Å². The lowest BCUT2D eigenvalue weighted by atomic mass is 10.1. The summed E-state index contributed by atoms with van der Waals surface area (Å²) in [5, 5.41) is 0.172. The van der Waals surface area contributed by atoms with Gasteiger partial charge in [0.1, 0.15) is 23.0 Å². The Labute approximate surface area is 189 Å². The van der Waals surface area contributed by atoms with Crippen LogP contribution in [0.25, 0.3) is 22.6 Å². The summed E-state index contributed by atoms with van der Waals surface area (Å²) >= 11 is 6.17. The summed E-state index contributed by atoms with van der Waals surface area (Å²) in [5.41, 5.74) is 2.43. The topological polar surface area (TPSA) is 67.9 Å². The monoisotopic (exact) mass is 445 g/mol. The first-order valence-electron chi connectivity index (χ1n) is 9.82. The number of hydrogen-bond acceptors (Lipinski definition) is 4. The van der Waals surface area contributed by atoms with Crippen molar-refractivity contribution in [1.29, 1.82) is 0 Å². The molecule has 0 unspecified atom stereocenters. The lowest BCUT2D eigenvalue weighted by Gasteiger charge is -2.02. The molecule has 0 aliphatic carbocycles. The van der Waals surface area contributed by atoms with Crippen molar-refractivity contribution in [1.82, 2.24) is 15.0 Å². The van der Waals surface area contributed by atoms with Crippen LogP contribution in [0, 0.1) is 17.7 Å². The first kappa shape index (κ1) is 21.3. The van der Waals surface area contributed by atoms with Crippen molar-refractivity contribution in [3.8, 4) is 34.5 Å². The number of aromatic amines is 1. The van der Waals surface area contributed by atoms with Crippen molar-refractivity contribution in [2.24, 2.45) is 0 Å². The van der Waals surface area contributed by atoms with Gasteiger partial charge in [-0.1, -0.05) is 41.8 Å². The third kappa shape index (κ3) is 4.53. The van der Waals surface area contributed by atoms with Gasteiger partial charge in [-0.05, 0) is 49.2 Å². The maximum absolute atomic E-state index is 14.4. The number of aromatic nitrogens is 3. The van der Waals surface area contributed by atoms with E-state index in [1.807, 2.05) is 30.3 Å². The van der Waals surface area contributed by atoms with Crippen LogP contribution in [0.3, 0.4) is 0 Å². The molecule has 0 atom stereocenters. The molecule has 4 aromatic rings. The van der Waals surface area contributed by atoms with Gasteiger partial charge in [-0.2, -0.15) is 0 Å². The van der Waals surface area contributed by atoms with Crippen molar-refractivity contribution in [3.63, 3.8) is 0 Å². The van der Waals surface area contributed by atoms with Gasteiger partial charge in [0.2, 0.25) is 0 Å². The number of imidazole rings is 1. The molecule has 32 heavy (non-hydrogen) atoms. The molecule has 2 aromatic heterocycles. The number of carbonyl (C=O) groups is 1. The van der Waals surface area contributed by atoms with Crippen molar-refractivity contribution in [2.45, 2.75) is 6.92 Å². The average Bonchev–Trinajstić information content (AvgIpc) is 3.24. The second-order valence-corrected chi connectivity index (χ2v) is 7.08. The number of carbonyl (C=O) groups excluding carboxylic acids is 1. The summed E-state index contributed by atoms with van der Waals surface area (Å²) in [6.45, 7) is 1.88. The Morgan fingerprint density at radius 2 is 1.91 bits per heavy atom. The molecule has 0 saturated carbocycles. The Morgan fingerprint density at radius 3 is 2.59 bits per heavy atom. The molecule has 0 aliphatic heterocycles. The van der Waals surface area contributed by atoms with E-state index in [1.54, 1.807) is 31.3 Å². The number of nitrogens with zero attached hydrogens (tertiary/aromatic N) is 2. The van der Waals surface area contributed by atoms with Crippen molar-refractivity contribution in [2.75, 3.05) is 6.61 Å². The number of nitrogens with one attached hydrogen (secondary N) is 1. The van der Waals surface area contributed by atoms with Gasteiger partial charge in [-0.25, -0.2) is 19.2 Å². The molecule has 0 spiro atoms. The van der Waals surface area contributed by atoms with Gasteiger partial charge in [0.15, 0.2) is 5.69 Å². The smallest absolute Gasteiger partial charge is 0.357 e. The summed E-state index contributed by atoms with van der Waals surface area (Å²) in [4.78, 5) is 24.2. The predicted molar refractivity (Wildman–Crippen MR) is 121 cm³/mol. The summed E-state index contributed by atoms with van der Waals surface area (Å²) < 4.78 is 19.5. The van der Waals surface area contributed by atoms with E-state index in [9.17, 15) is 9.18 Å². The molecule has 158 valence electrons. The van der Waals surface area contributed by atoms with Gasteiger partial charge >= 0.3 is 5.97 Å². The zero-order valence-electron chi connectivity index (χ0n) is 17.0. The van der Waals surface area contributed by atoms with Gasteiger partial charge in [-0.3, -0.25) is 0 Å². The highest BCUT2D eigenvalue weighted by Crippen LogP contribution is 2.32. The lowest BCUT2D eigenvalue weighted by molar-refractivity contribution is 0.0521. The van der Waals surface area contributed by atoms with E-state index >= 15 is 0 Å². The zero-order valence-corrected chi connectivity index (χ0v) is 17.8. The minimum atomic E-state index is -0.610. The second-order valence-electron chi connectivity index (χ2n) is 6.67. The number of pyridine rings is 1. The molecule has 2 aromatic carbocycles. The Hall–Kier alpha value is -3.95. The lowest BCUT2D eigenvalue weighted by Crippen LogP contribution is -2.06. The average molecular weight is 446 g/mol. The largest absolute Gasteiger partial charge is 0.461 e. The number of esters is 1. The number of halogens is 2. The standard InChI is InChI=1S/C25H17ClFN3O2/c1-2-32-25(31)23-22(29-24(30-23)21-19(26)9-6-10-20(21)27)17-12-14-18(28-15-17)13-11-16-7-4-3-5-8-16/h3-10,12,14-15H,2H2,1H3,(H,29,30). The maximum Gasteiger partial charge on any atom is 0.357 e. The van der Waals surface area contributed by atoms with E-state index in [-0.39, 0.29) is 34.4 Å². The summed E-state index contributed by atoms with van der Waals surface area (Å²) in [5.74, 6) is 4.99. The quantitative estimate of drug-likeness (QED) is 0.332. The fourth-order valence-electron chi connectivity index (χ4n) is 3.04. The van der Waals surface area contributed by atoms with E-state index in [1.165, 1.54) is 12.1 Å². The van der Waals surface area contributed by atoms with Crippen LogP contribution in [-0.4, -0.2) is 27.5 Å². The van der Waals surface area contributed by atoms with E-state index in [0.29, 0.717) is 11.3 Å². The normalized spacial score (nSPS) is 10.3. The molecule has 0 bridgehead atoms. The molecular weight excluding hydrogens is 429 g/mol. The Bertz CT molecular complexity index is 1300. The summed E-state index contributed by atoms with van der Waals surface area (Å²) in [7, 11) is 0. The van der Waals surface area contributed by atoms with Gasteiger partial charge in [-0.15, -0.1) is 0 Å². The predicted octanol–water partition coefficient (Wildman–Crippen LogP) is 5.51. The minimum absolute atomic E-state index is 0.0734. The zero-order chi connectivity index (χ0) is 22.5. The second kappa shape index (κ2) is 9.46. The van der Waals surface area contributed by atoms with Crippen LogP contribution in [0.2, 0.25) is 5.02 Å². The number of hydrogen-bond donors (Lipinski definition) is 1. The third-order valence-electron chi connectivity index (χ3n) is 4.53. The van der Waals surface area contributed by atoms with Crippen LogP contribution in [0.4, 0.5) is 4.39 Å². The van der Waals surface area contributed by atoms with E-state index in [4.69, 9.17) is 16.3 Å². The van der Waals surface area contributed by atoms with Crippen LogP contribution in [-0.2, 0) is 4.74 Å². The first-order chi connectivity index (χ1) is 15.6. The van der Waals surface area contributed by atoms with E-state index < -0.39 is 11.8 Å². The third-order valence-corrected chi connectivity index (χ3v) is 4.84. The number of rotatable bonds is 4. The molecule has 4 rings (SSSR count). The fraction of sp³-hybridized carbons (Fsp3) is 0.0800. The molecular formula is C25H17ClFN3O2. The molecule has 0 saturated heterocycles. The SMILES string of the molecule is CCOC(=O)c1[nH]c(-c2c(F)cccc2Cl)nc1-c1ccc(C#Cc2ccccc2)nc1. The van der Waals surface area contributed by atoms with E-state index in [0.717, 1.165) is 5.56 Å². The van der Waals surface area contributed by atoms with Crippen molar-refractivity contribution >= 4 is 17.6 Å². The number of benzene rings is 2. The Balaban J connectivity index is 1.73. The van der Waals surface area contributed by atoms with Crippen LogP contribution >= 0.6 is 11.6 Å². The highest BCUT2D eigenvalue weighted by Gasteiger charge is 2.23. The molecule has 0 amide bonds. The summed E-state index contributed by atoms with van der Waals surface area (Å²) in [6, 6.07) is 17.4. The number of ether oxygens (including phenoxy) is 1. The Morgan fingerprint density at radius 1 is 1.09 bits per heavy atom. The highest BCUT2D eigenvalue weighted by molar-refractivity contribution is 6.33. The molecule has 0 fully saturated rings. The summed E-state index contributed by atoms with van der Waals surface area (Å²) in [6.07, 6.45) is 1.56. The molecule has 0 radical (unpaired) electrons. The van der Waals surface area contributed by atoms with Crippen molar-refractivity contribution < 1.29 is 13.9 Å². The molecule has 7 heteroatoms. The molecule has 5 nitrogen and oxygen atoms in total. The fourth-order valence-corrected chi connectivity index (χ4v) is 3.29. The van der Waals surface area contributed by atoms with E-state index in [2.05, 4.69) is 26.8 Å². The number of H-pyrrole nitrogens is 1. The first-order valence-corrected chi connectivity index (χ1v) is 10.2. The van der Waals surface area contributed by atoms with Gasteiger partial charge in [0.05, 0.1) is 17.2 Å². The highest BCUT2D eigenvalue weighted by atomic mass is 35.5. The molecule has 0 aliphatic rings. The Kier molecular flexibility index (Phi) is 6.29. The van der Waals surface area contributed by atoms with Crippen molar-refractivity contribution in [3.05, 3.63) is 94.7 Å². The minimum Gasteiger partial charge on any atom is -0.461 e. The van der Waals surface area contributed by atoms with Crippen LogP contribution < -0.4 is 0 Å². The molecule has 2 heterocycles. The molecule has 1 N–H and O–H groups in total. The van der Waals surface area contributed by atoms with Gasteiger partial charge < -0.3 is 9.72 Å². The maximum atomic E-state index is 14.4. The van der Waals surface area contributed by atoms with Crippen LogP contribution in [0.15, 0.2) is 66.9 Å². The van der Waals surface area contributed by atoms with Crippen LogP contribution in [0.5, 0.6) is 0 Å².